The van der Waals surface area contributed by atoms with Crippen LogP contribution in [0.4, 0.5) is 13.9 Å². The van der Waals surface area contributed by atoms with Crippen molar-refractivity contribution in [2.75, 3.05) is 11.9 Å². The fourth-order valence-corrected chi connectivity index (χ4v) is 3.79. The van der Waals surface area contributed by atoms with E-state index < -0.39 is 17.5 Å². The van der Waals surface area contributed by atoms with Crippen LogP contribution in [-0.2, 0) is 4.79 Å². The molecule has 1 heterocycles. The summed E-state index contributed by atoms with van der Waals surface area (Å²) in [5, 5.41) is 9.69. The number of thiazole rings is 1. The van der Waals surface area contributed by atoms with Gasteiger partial charge < -0.3 is 10.6 Å². The Bertz CT molecular complexity index is 1270. The van der Waals surface area contributed by atoms with E-state index in [-0.39, 0.29) is 24.4 Å². The fraction of sp³-hybridized carbons (Fsp3) is 0.0870. The molecule has 0 aliphatic heterocycles. The first-order chi connectivity index (χ1) is 15.0. The third kappa shape index (κ3) is 4.92. The molecular formula is C23H17F2N3O2S. The van der Waals surface area contributed by atoms with Gasteiger partial charge in [0.2, 0.25) is 5.91 Å². The predicted octanol–water partition coefficient (Wildman–Crippen LogP) is 5.00. The van der Waals surface area contributed by atoms with Crippen molar-refractivity contribution < 1.29 is 18.4 Å². The molecule has 0 saturated carbocycles. The van der Waals surface area contributed by atoms with Gasteiger partial charge in [0.15, 0.2) is 5.13 Å². The van der Waals surface area contributed by atoms with Crippen LogP contribution in [0.15, 0.2) is 66.0 Å². The predicted molar refractivity (Wildman–Crippen MR) is 117 cm³/mol. The maximum Gasteiger partial charge on any atom is 0.254 e. The van der Waals surface area contributed by atoms with Gasteiger partial charge in [-0.25, -0.2) is 13.8 Å². The van der Waals surface area contributed by atoms with Gasteiger partial charge in [-0.1, -0.05) is 36.4 Å². The van der Waals surface area contributed by atoms with Crippen LogP contribution in [0.2, 0.25) is 0 Å². The zero-order valence-electron chi connectivity index (χ0n) is 16.2. The molecule has 0 saturated heterocycles. The van der Waals surface area contributed by atoms with E-state index in [1.165, 1.54) is 11.3 Å². The zero-order chi connectivity index (χ0) is 21.8. The number of aromatic nitrogens is 1. The molecule has 2 amide bonds. The summed E-state index contributed by atoms with van der Waals surface area (Å²) in [5.74, 6) is -2.76. The third-order valence-corrected chi connectivity index (χ3v) is 5.37. The Morgan fingerprint density at radius 1 is 0.968 bits per heavy atom. The SMILES string of the molecule is O=C(CCNC(=O)c1ccc(F)cc1F)Nc1nc(-c2ccc3ccccc3c2)cs1. The molecule has 0 aliphatic rings. The smallest absolute Gasteiger partial charge is 0.254 e. The van der Waals surface area contributed by atoms with Crippen LogP contribution >= 0.6 is 11.3 Å². The number of hydrogen-bond acceptors (Lipinski definition) is 4. The van der Waals surface area contributed by atoms with Crippen LogP contribution in [0.1, 0.15) is 16.8 Å². The van der Waals surface area contributed by atoms with Gasteiger partial charge in [-0.3, -0.25) is 9.59 Å². The highest BCUT2D eigenvalue weighted by Gasteiger charge is 2.13. The lowest BCUT2D eigenvalue weighted by Crippen LogP contribution is -2.28. The largest absolute Gasteiger partial charge is 0.351 e. The quantitative estimate of drug-likeness (QED) is 0.446. The highest BCUT2D eigenvalue weighted by molar-refractivity contribution is 7.14. The van der Waals surface area contributed by atoms with Crippen molar-refractivity contribution in [1.82, 2.24) is 10.3 Å². The van der Waals surface area contributed by atoms with Crippen LogP contribution in [0.3, 0.4) is 0 Å². The van der Waals surface area contributed by atoms with Crippen molar-refractivity contribution in [3.05, 3.63) is 83.2 Å². The summed E-state index contributed by atoms with van der Waals surface area (Å²) in [6, 6.07) is 16.8. The maximum atomic E-state index is 13.6. The number of nitrogens with one attached hydrogen (secondary N) is 2. The van der Waals surface area contributed by atoms with Gasteiger partial charge in [-0.2, -0.15) is 0 Å². The number of anilines is 1. The van der Waals surface area contributed by atoms with E-state index in [1.807, 2.05) is 47.8 Å². The van der Waals surface area contributed by atoms with Gasteiger partial charge in [0, 0.05) is 30.0 Å². The molecule has 0 atom stereocenters. The molecule has 8 heteroatoms. The molecule has 5 nitrogen and oxygen atoms in total. The van der Waals surface area contributed by atoms with Gasteiger partial charge in [0.1, 0.15) is 11.6 Å². The summed E-state index contributed by atoms with van der Waals surface area (Å²) in [7, 11) is 0. The number of rotatable bonds is 6. The second kappa shape index (κ2) is 9.01. The summed E-state index contributed by atoms with van der Waals surface area (Å²) < 4.78 is 26.5. The Morgan fingerprint density at radius 3 is 2.58 bits per heavy atom. The first kappa shape index (κ1) is 20.6. The average Bonchev–Trinajstić information content (AvgIpc) is 3.21. The van der Waals surface area contributed by atoms with Gasteiger partial charge in [0.25, 0.3) is 5.91 Å². The number of carbonyl (C=O) groups is 2. The molecule has 0 aliphatic carbocycles. The minimum absolute atomic E-state index is 0.00436. The van der Waals surface area contributed by atoms with E-state index >= 15 is 0 Å². The van der Waals surface area contributed by atoms with Crippen molar-refractivity contribution in [3.8, 4) is 11.3 Å². The van der Waals surface area contributed by atoms with Gasteiger partial charge in [-0.15, -0.1) is 11.3 Å². The summed E-state index contributed by atoms with van der Waals surface area (Å²) in [5.41, 5.74) is 1.43. The molecule has 0 fully saturated rings. The van der Waals surface area contributed by atoms with Crippen LogP contribution < -0.4 is 10.6 Å². The molecule has 0 radical (unpaired) electrons. The summed E-state index contributed by atoms with van der Waals surface area (Å²) in [6.07, 6.45) is -0.0144. The minimum atomic E-state index is -0.953. The van der Waals surface area contributed by atoms with Crippen molar-refractivity contribution in [3.63, 3.8) is 0 Å². The van der Waals surface area contributed by atoms with E-state index in [1.54, 1.807) is 0 Å². The van der Waals surface area contributed by atoms with Crippen molar-refractivity contribution in [2.45, 2.75) is 6.42 Å². The van der Waals surface area contributed by atoms with Crippen LogP contribution in [0.5, 0.6) is 0 Å². The zero-order valence-corrected chi connectivity index (χ0v) is 17.0. The van der Waals surface area contributed by atoms with Crippen LogP contribution in [-0.4, -0.2) is 23.3 Å². The number of hydrogen-bond donors (Lipinski definition) is 2. The van der Waals surface area contributed by atoms with E-state index in [4.69, 9.17) is 0 Å². The molecule has 0 spiro atoms. The molecule has 0 unspecified atom stereocenters. The number of halogens is 2. The van der Waals surface area contributed by atoms with E-state index in [0.29, 0.717) is 11.2 Å². The normalized spacial score (nSPS) is 10.8. The molecule has 0 bridgehead atoms. The maximum absolute atomic E-state index is 13.6. The van der Waals surface area contributed by atoms with Gasteiger partial charge in [-0.05, 0) is 29.0 Å². The lowest BCUT2D eigenvalue weighted by Gasteiger charge is -2.06. The first-order valence-corrected chi connectivity index (χ1v) is 10.4. The highest BCUT2D eigenvalue weighted by Crippen LogP contribution is 2.27. The third-order valence-electron chi connectivity index (χ3n) is 4.61. The number of amides is 2. The molecule has 31 heavy (non-hydrogen) atoms. The van der Waals surface area contributed by atoms with Gasteiger partial charge >= 0.3 is 0 Å². The molecule has 4 aromatic rings. The molecular weight excluding hydrogens is 420 g/mol. The Balaban J connectivity index is 1.32. The molecule has 3 aromatic carbocycles. The van der Waals surface area contributed by atoms with Crippen molar-refractivity contribution in [1.29, 1.82) is 0 Å². The summed E-state index contributed by atoms with van der Waals surface area (Å²) in [6.45, 7) is 0.00436. The monoisotopic (exact) mass is 437 g/mol. The second-order valence-electron chi connectivity index (χ2n) is 6.78. The summed E-state index contributed by atoms with van der Waals surface area (Å²) in [4.78, 5) is 28.5. The molecule has 4 rings (SSSR count). The summed E-state index contributed by atoms with van der Waals surface area (Å²) >= 11 is 1.30. The van der Waals surface area contributed by atoms with Crippen molar-refractivity contribution in [2.24, 2.45) is 0 Å². The van der Waals surface area contributed by atoms with Crippen LogP contribution in [0, 0.1) is 11.6 Å². The van der Waals surface area contributed by atoms with Crippen LogP contribution in [0.25, 0.3) is 22.0 Å². The molecule has 2 N–H and O–H groups in total. The Hall–Kier alpha value is -3.65. The Kier molecular flexibility index (Phi) is 5.99. The average molecular weight is 437 g/mol. The molecule has 156 valence electrons. The van der Waals surface area contributed by atoms with E-state index in [9.17, 15) is 18.4 Å². The van der Waals surface area contributed by atoms with E-state index in [2.05, 4.69) is 15.6 Å². The standard InChI is InChI=1S/C23H17F2N3O2S/c24-17-7-8-18(19(25)12-17)22(30)26-10-9-21(29)28-23-27-20(13-31-23)16-6-5-14-3-1-2-4-15(14)11-16/h1-8,11-13H,9-10H2,(H,26,30)(H,27,28,29). The van der Waals surface area contributed by atoms with Crippen molar-refractivity contribution >= 4 is 39.1 Å². The lowest BCUT2D eigenvalue weighted by atomic mass is 10.1. The minimum Gasteiger partial charge on any atom is -0.351 e. The second-order valence-corrected chi connectivity index (χ2v) is 7.64. The Labute approximate surface area is 180 Å². The number of nitrogens with zero attached hydrogens (tertiary/aromatic N) is 1. The lowest BCUT2D eigenvalue weighted by molar-refractivity contribution is -0.116. The number of carbonyl (C=O) groups excluding carboxylic acids is 2. The Morgan fingerprint density at radius 2 is 1.77 bits per heavy atom. The fourth-order valence-electron chi connectivity index (χ4n) is 3.05. The number of benzene rings is 3. The molecule has 1 aromatic heterocycles. The van der Waals surface area contributed by atoms with E-state index in [0.717, 1.165) is 34.2 Å². The highest BCUT2D eigenvalue weighted by atomic mass is 32.1. The first-order valence-electron chi connectivity index (χ1n) is 9.47. The number of fused-ring (bicyclic) bond motifs is 1. The topological polar surface area (TPSA) is 71.1 Å². The van der Waals surface area contributed by atoms with Gasteiger partial charge in [0.05, 0.1) is 11.3 Å².